The molecule has 1 heterocycles. The summed E-state index contributed by atoms with van der Waals surface area (Å²) in [5.41, 5.74) is 5.50. The monoisotopic (exact) mass is 111 g/mol. The number of rotatable bonds is 0. The van der Waals surface area contributed by atoms with Crippen molar-refractivity contribution in [3.05, 3.63) is 0 Å². The summed E-state index contributed by atoms with van der Waals surface area (Å²) >= 11 is 0. The number of nitrogens with two attached hydrogens (primary N) is 1. The summed E-state index contributed by atoms with van der Waals surface area (Å²) in [7, 11) is 0. The van der Waals surface area contributed by atoms with Crippen LogP contribution < -0.4 is 11.1 Å². The van der Waals surface area contributed by atoms with Crippen molar-refractivity contribution in [2.24, 2.45) is 11.7 Å². The zero-order valence-electron chi connectivity index (χ0n) is 4.59. The van der Waals surface area contributed by atoms with E-state index in [2.05, 4.69) is 11.4 Å². The fourth-order valence-electron chi connectivity index (χ4n) is 0.841. The number of nitrogens with one attached hydrogen (secondary N) is 1. The average molecular weight is 111 g/mol. The van der Waals surface area contributed by atoms with Crippen LogP contribution in [0.4, 0.5) is 0 Å². The highest BCUT2D eigenvalue weighted by Gasteiger charge is 2.22. The molecule has 0 bridgehead atoms. The van der Waals surface area contributed by atoms with Crippen molar-refractivity contribution in [3.63, 3.8) is 0 Å². The van der Waals surface area contributed by atoms with Crippen LogP contribution in [0.2, 0.25) is 0 Å². The van der Waals surface area contributed by atoms with Crippen molar-refractivity contribution in [1.82, 2.24) is 5.32 Å². The Morgan fingerprint density at radius 2 is 2.38 bits per heavy atom. The van der Waals surface area contributed by atoms with E-state index in [-0.39, 0.29) is 12.0 Å². The van der Waals surface area contributed by atoms with Crippen molar-refractivity contribution in [2.75, 3.05) is 13.1 Å². The van der Waals surface area contributed by atoms with E-state index in [4.69, 9.17) is 11.0 Å². The van der Waals surface area contributed by atoms with Gasteiger partial charge in [0.15, 0.2) is 0 Å². The van der Waals surface area contributed by atoms with E-state index in [1.54, 1.807) is 0 Å². The van der Waals surface area contributed by atoms with E-state index in [0.29, 0.717) is 0 Å². The maximum absolute atomic E-state index is 8.37. The molecule has 0 aromatic rings. The van der Waals surface area contributed by atoms with Gasteiger partial charge in [0.1, 0.15) is 0 Å². The summed E-state index contributed by atoms with van der Waals surface area (Å²) in [6, 6.07) is 2.18. The maximum Gasteiger partial charge on any atom is 0.0751 e. The predicted octanol–water partition coefficient (Wildman–Crippen LogP) is -0.943. The Labute approximate surface area is 48.5 Å². The van der Waals surface area contributed by atoms with Gasteiger partial charge in [-0.05, 0) is 0 Å². The zero-order valence-corrected chi connectivity index (χ0v) is 4.59. The fourth-order valence-corrected chi connectivity index (χ4v) is 0.841. The minimum absolute atomic E-state index is 0.0370. The predicted molar refractivity (Wildman–Crippen MR) is 29.9 cm³/mol. The summed E-state index contributed by atoms with van der Waals surface area (Å²) in [5, 5.41) is 11.4. The standard InChI is InChI=1S/C5H9N3/c6-1-4-2-8-3-5(4)7/h4-5,8H,2-3,7H2/t4-,5-/m0/s1. The second-order valence-electron chi connectivity index (χ2n) is 2.06. The second-order valence-corrected chi connectivity index (χ2v) is 2.06. The summed E-state index contributed by atoms with van der Waals surface area (Å²) in [6.45, 7) is 1.55. The summed E-state index contributed by atoms with van der Waals surface area (Å²) < 4.78 is 0. The Morgan fingerprint density at radius 1 is 1.62 bits per heavy atom. The van der Waals surface area contributed by atoms with Crippen LogP contribution in [0.25, 0.3) is 0 Å². The highest BCUT2D eigenvalue weighted by atomic mass is 15.0. The van der Waals surface area contributed by atoms with Crippen LogP contribution in [-0.2, 0) is 0 Å². The van der Waals surface area contributed by atoms with Crippen molar-refractivity contribution in [3.8, 4) is 6.07 Å². The van der Waals surface area contributed by atoms with Crippen LogP contribution in [0.3, 0.4) is 0 Å². The van der Waals surface area contributed by atoms with E-state index in [0.717, 1.165) is 13.1 Å². The van der Waals surface area contributed by atoms with Gasteiger partial charge >= 0.3 is 0 Å². The molecular formula is C5H9N3. The lowest BCUT2D eigenvalue weighted by molar-refractivity contribution is 0.635. The quantitative estimate of drug-likeness (QED) is 0.424. The van der Waals surface area contributed by atoms with E-state index in [1.165, 1.54) is 0 Å². The van der Waals surface area contributed by atoms with Crippen LogP contribution in [0.1, 0.15) is 0 Å². The minimum Gasteiger partial charge on any atom is -0.325 e. The van der Waals surface area contributed by atoms with Gasteiger partial charge in [0.25, 0.3) is 0 Å². The van der Waals surface area contributed by atoms with Gasteiger partial charge in [0, 0.05) is 19.1 Å². The lowest BCUT2D eigenvalue weighted by Crippen LogP contribution is -2.27. The van der Waals surface area contributed by atoms with Crippen molar-refractivity contribution in [2.45, 2.75) is 6.04 Å². The first-order valence-electron chi connectivity index (χ1n) is 2.70. The molecule has 0 aliphatic carbocycles. The van der Waals surface area contributed by atoms with E-state index >= 15 is 0 Å². The smallest absolute Gasteiger partial charge is 0.0751 e. The molecule has 0 spiro atoms. The molecule has 44 valence electrons. The fraction of sp³-hybridized carbons (Fsp3) is 0.800. The number of nitriles is 1. The van der Waals surface area contributed by atoms with Gasteiger partial charge in [0.05, 0.1) is 12.0 Å². The number of hydrogen-bond acceptors (Lipinski definition) is 3. The first-order chi connectivity index (χ1) is 3.84. The van der Waals surface area contributed by atoms with Crippen molar-refractivity contribution in [1.29, 1.82) is 5.26 Å². The molecule has 3 heteroatoms. The Bertz CT molecular complexity index is 115. The first-order valence-corrected chi connectivity index (χ1v) is 2.70. The summed E-state index contributed by atoms with van der Waals surface area (Å²) in [5.74, 6) is 0.0370. The SMILES string of the molecule is N#C[C@H]1CNC[C@@H]1N. The lowest BCUT2D eigenvalue weighted by Gasteiger charge is -2.00. The van der Waals surface area contributed by atoms with Crippen LogP contribution in [0.5, 0.6) is 0 Å². The van der Waals surface area contributed by atoms with Crippen LogP contribution in [-0.4, -0.2) is 19.1 Å². The molecule has 1 aliphatic heterocycles. The molecular weight excluding hydrogens is 102 g/mol. The Balaban J connectivity index is 2.45. The van der Waals surface area contributed by atoms with Crippen LogP contribution >= 0.6 is 0 Å². The molecule has 1 aliphatic rings. The van der Waals surface area contributed by atoms with E-state index < -0.39 is 0 Å². The molecule has 0 radical (unpaired) electrons. The molecule has 1 saturated heterocycles. The number of hydrogen-bond donors (Lipinski definition) is 2. The molecule has 0 saturated carbocycles. The lowest BCUT2D eigenvalue weighted by atomic mass is 10.1. The highest BCUT2D eigenvalue weighted by Crippen LogP contribution is 2.02. The summed E-state index contributed by atoms with van der Waals surface area (Å²) in [6.07, 6.45) is 0. The topological polar surface area (TPSA) is 61.8 Å². The van der Waals surface area contributed by atoms with Gasteiger partial charge in [-0.25, -0.2) is 0 Å². The highest BCUT2D eigenvalue weighted by molar-refractivity contribution is 4.97. The molecule has 2 atom stereocenters. The number of nitrogens with zero attached hydrogens (tertiary/aromatic N) is 1. The largest absolute Gasteiger partial charge is 0.325 e. The molecule has 0 aromatic heterocycles. The zero-order chi connectivity index (χ0) is 5.98. The van der Waals surface area contributed by atoms with Gasteiger partial charge in [-0.15, -0.1) is 0 Å². The molecule has 0 amide bonds. The maximum atomic E-state index is 8.37. The van der Waals surface area contributed by atoms with Crippen molar-refractivity contribution >= 4 is 0 Å². The van der Waals surface area contributed by atoms with Gasteiger partial charge in [0.2, 0.25) is 0 Å². The Kier molecular flexibility index (Phi) is 1.47. The molecule has 3 N–H and O–H groups in total. The first kappa shape index (κ1) is 5.54. The molecule has 3 nitrogen and oxygen atoms in total. The third-order valence-electron chi connectivity index (χ3n) is 1.43. The van der Waals surface area contributed by atoms with Crippen molar-refractivity contribution < 1.29 is 0 Å². The van der Waals surface area contributed by atoms with Gasteiger partial charge in [-0.3, -0.25) is 0 Å². The molecule has 1 rings (SSSR count). The van der Waals surface area contributed by atoms with Crippen LogP contribution in [0, 0.1) is 17.2 Å². The van der Waals surface area contributed by atoms with Gasteiger partial charge < -0.3 is 11.1 Å². The van der Waals surface area contributed by atoms with Gasteiger partial charge in [-0.1, -0.05) is 0 Å². The average Bonchev–Trinajstić information content (AvgIpc) is 2.14. The third kappa shape index (κ3) is 0.808. The Morgan fingerprint density at radius 3 is 2.62 bits per heavy atom. The van der Waals surface area contributed by atoms with Crippen LogP contribution in [0.15, 0.2) is 0 Å². The normalized spacial score (nSPS) is 37.0. The molecule has 1 fully saturated rings. The third-order valence-corrected chi connectivity index (χ3v) is 1.43. The minimum atomic E-state index is 0.0370. The van der Waals surface area contributed by atoms with E-state index in [9.17, 15) is 0 Å². The molecule has 8 heavy (non-hydrogen) atoms. The second kappa shape index (κ2) is 2.12. The molecule has 0 unspecified atom stereocenters. The van der Waals surface area contributed by atoms with Gasteiger partial charge in [-0.2, -0.15) is 5.26 Å². The van der Waals surface area contributed by atoms with E-state index in [1.807, 2.05) is 0 Å². The Hall–Kier alpha value is -0.590. The summed E-state index contributed by atoms with van der Waals surface area (Å²) in [4.78, 5) is 0. The molecule has 0 aromatic carbocycles.